The number of ether oxygens (including phenoxy) is 2. The molecule has 0 aromatic heterocycles. The van der Waals surface area contributed by atoms with E-state index < -0.39 is 11.0 Å². The number of amides is 2. The second-order valence-electron chi connectivity index (χ2n) is 3.87. The molecule has 1 aromatic carbocycles. The number of anilines is 1. The summed E-state index contributed by atoms with van der Waals surface area (Å²) in [7, 11) is 3.00. The largest absolute Gasteiger partial charge is 0.495 e. The fourth-order valence-electron chi connectivity index (χ4n) is 1.49. The molecule has 110 valence electrons. The highest BCUT2D eigenvalue weighted by Gasteiger charge is 2.13. The average molecular weight is 283 g/mol. The molecule has 2 N–H and O–H groups in total. The van der Waals surface area contributed by atoms with Crippen LogP contribution in [-0.4, -0.2) is 38.3 Å². The van der Waals surface area contributed by atoms with Gasteiger partial charge in [0.1, 0.15) is 5.75 Å². The number of methoxy groups -OCH3 is 2. The fourth-order valence-corrected chi connectivity index (χ4v) is 1.49. The van der Waals surface area contributed by atoms with Gasteiger partial charge >= 0.3 is 6.03 Å². The third-order valence-corrected chi connectivity index (χ3v) is 2.45. The molecule has 0 heterocycles. The van der Waals surface area contributed by atoms with E-state index in [1.165, 1.54) is 25.3 Å². The van der Waals surface area contributed by atoms with Gasteiger partial charge in [-0.15, -0.1) is 0 Å². The molecule has 1 rings (SSSR count). The molecule has 0 fully saturated rings. The van der Waals surface area contributed by atoms with E-state index in [2.05, 4.69) is 10.6 Å². The summed E-state index contributed by atoms with van der Waals surface area (Å²) >= 11 is 0. The number of hydrogen-bond acceptors (Lipinski definition) is 5. The molecule has 20 heavy (non-hydrogen) atoms. The van der Waals surface area contributed by atoms with Crippen molar-refractivity contribution < 1.29 is 19.2 Å². The minimum absolute atomic E-state index is 0.125. The summed E-state index contributed by atoms with van der Waals surface area (Å²) in [6.07, 6.45) is 0.677. The van der Waals surface area contributed by atoms with Gasteiger partial charge in [-0.3, -0.25) is 10.1 Å². The summed E-state index contributed by atoms with van der Waals surface area (Å²) in [5.74, 6) is 0.350. The summed E-state index contributed by atoms with van der Waals surface area (Å²) in [5.41, 5.74) is 0.117. The molecule has 2 amide bonds. The predicted octanol–water partition coefficient (Wildman–Crippen LogP) is 1.76. The van der Waals surface area contributed by atoms with Gasteiger partial charge in [0.15, 0.2) is 0 Å². The van der Waals surface area contributed by atoms with Crippen molar-refractivity contribution in [2.75, 3.05) is 32.7 Å². The topological polar surface area (TPSA) is 103 Å². The predicted molar refractivity (Wildman–Crippen MR) is 73.2 cm³/mol. The molecular weight excluding hydrogens is 266 g/mol. The Balaban J connectivity index is 2.67. The Morgan fingerprint density at radius 3 is 2.75 bits per heavy atom. The Morgan fingerprint density at radius 1 is 1.40 bits per heavy atom. The molecule has 0 saturated heterocycles. The van der Waals surface area contributed by atoms with E-state index in [1.54, 1.807) is 7.11 Å². The Morgan fingerprint density at radius 2 is 2.15 bits per heavy atom. The number of nitro groups is 1. The van der Waals surface area contributed by atoms with Crippen LogP contribution in [0.1, 0.15) is 6.42 Å². The number of nitrogens with zero attached hydrogens (tertiary/aromatic N) is 1. The van der Waals surface area contributed by atoms with Gasteiger partial charge < -0.3 is 20.1 Å². The van der Waals surface area contributed by atoms with E-state index in [4.69, 9.17) is 9.47 Å². The SMILES string of the molecule is COCCCNC(=O)Nc1cc([N+](=O)[O-])ccc1OC. The first-order chi connectivity index (χ1) is 9.58. The number of carbonyl (C=O) groups excluding carboxylic acids is 1. The minimum atomic E-state index is -0.541. The number of benzene rings is 1. The van der Waals surface area contributed by atoms with Gasteiger partial charge in [-0.25, -0.2) is 4.79 Å². The molecule has 0 saturated carbocycles. The van der Waals surface area contributed by atoms with Crippen molar-refractivity contribution in [2.24, 2.45) is 0 Å². The number of urea groups is 1. The van der Waals surface area contributed by atoms with Gasteiger partial charge in [0, 0.05) is 32.4 Å². The molecule has 8 heteroatoms. The highest BCUT2D eigenvalue weighted by molar-refractivity contribution is 5.91. The van der Waals surface area contributed by atoms with E-state index in [9.17, 15) is 14.9 Å². The first kappa shape index (κ1) is 15.7. The molecule has 0 aliphatic heterocycles. The van der Waals surface area contributed by atoms with E-state index in [0.717, 1.165) is 0 Å². The smallest absolute Gasteiger partial charge is 0.319 e. The van der Waals surface area contributed by atoms with Crippen molar-refractivity contribution in [1.82, 2.24) is 5.32 Å². The molecule has 0 atom stereocenters. The van der Waals surface area contributed by atoms with Crippen LogP contribution in [0.4, 0.5) is 16.2 Å². The van der Waals surface area contributed by atoms with Crippen LogP contribution in [-0.2, 0) is 4.74 Å². The quantitative estimate of drug-likeness (QED) is 0.451. The maximum absolute atomic E-state index is 11.6. The lowest BCUT2D eigenvalue weighted by Gasteiger charge is -2.10. The second kappa shape index (κ2) is 7.95. The van der Waals surface area contributed by atoms with Crippen LogP contribution in [0, 0.1) is 10.1 Å². The minimum Gasteiger partial charge on any atom is -0.495 e. The van der Waals surface area contributed by atoms with Crippen LogP contribution in [0.15, 0.2) is 18.2 Å². The van der Waals surface area contributed by atoms with Crippen LogP contribution in [0.2, 0.25) is 0 Å². The highest BCUT2D eigenvalue weighted by Crippen LogP contribution is 2.28. The molecular formula is C12H17N3O5. The zero-order chi connectivity index (χ0) is 15.0. The van der Waals surface area contributed by atoms with E-state index in [0.29, 0.717) is 25.3 Å². The number of nitrogens with one attached hydrogen (secondary N) is 2. The zero-order valence-electron chi connectivity index (χ0n) is 11.3. The Kier molecular flexibility index (Phi) is 6.24. The molecule has 0 aliphatic rings. The van der Waals surface area contributed by atoms with Crippen molar-refractivity contribution in [3.05, 3.63) is 28.3 Å². The lowest BCUT2D eigenvalue weighted by atomic mass is 10.2. The number of carbonyl (C=O) groups is 1. The van der Waals surface area contributed by atoms with Crippen molar-refractivity contribution in [3.63, 3.8) is 0 Å². The lowest BCUT2D eigenvalue weighted by Crippen LogP contribution is -2.30. The summed E-state index contributed by atoms with van der Waals surface area (Å²) in [6, 6.07) is 3.52. The summed E-state index contributed by atoms with van der Waals surface area (Å²) in [6.45, 7) is 0.983. The molecule has 8 nitrogen and oxygen atoms in total. The average Bonchev–Trinajstić information content (AvgIpc) is 2.43. The molecule has 0 radical (unpaired) electrons. The standard InChI is InChI=1S/C12H17N3O5/c1-19-7-3-6-13-12(16)14-10-8-9(15(17)18)4-5-11(10)20-2/h4-5,8H,3,6-7H2,1-2H3,(H2,13,14,16). The zero-order valence-corrected chi connectivity index (χ0v) is 11.3. The van der Waals surface area contributed by atoms with Gasteiger partial charge in [0.25, 0.3) is 5.69 Å². The fraction of sp³-hybridized carbons (Fsp3) is 0.417. The van der Waals surface area contributed by atoms with Crippen molar-refractivity contribution in [2.45, 2.75) is 6.42 Å². The lowest BCUT2D eigenvalue weighted by molar-refractivity contribution is -0.384. The molecule has 0 unspecified atom stereocenters. The monoisotopic (exact) mass is 283 g/mol. The van der Waals surface area contributed by atoms with Crippen LogP contribution in [0.5, 0.6) is 5.75 Å². The Labute approximate surface area is 116 Å². The van der Waals surface area contributed by atoms with Crippen LogP contribution in [0.25, 0.3) is 0 Å². The van der Waals surface area contributed by atoms with Crippen LogP contribution in [0.3, 0.4) is 0 Å². The number of non-ortho nitro benzene ring substituents is 1. The van der Waals surface area contributed by atoms with E-state index >= 15 is 0 Å². The summed E-state index contributed by atoms with van der Waals surface area (Å²) in [4.78, 5) is 21.8. The van der Waals surface area contributed by atoms with Crippen LogP contribution < -0.4 is 15.4 Å². The number of hydrogen-bond donors (Lipinski definition) is 2. The first-order valence-electron chi connectivity index (χ1n) is 5.94. The molecule has 0 spiro atoms. The highest BCUT2D eigenvalue weighted by atomic mass is 16.6. The third-order valence-electron chi connectivity index (χ3n) is 2.45. The third kappa shape index (κ3) is 4.73. The van der Waals surface area contributed by atoms with Crippen molar-refractivity contribution in [3.8, 4) is 5.75 Å². The summed E-state index contributed by atoms with van der Waals surface area (Å²) < 4.78 is 9.89. The van der Waals surface area contributed by atoms with Gasteiger partial charge in [0.2, 0.25) is 0 Å². The molecule has 0 aliphatic carbocycles. The van der Waals surface area contributed by atoms with E-state index in [1.807, 2.05) is 0 Å². The van der Waals surface area contributed by atoms with Crippen LogP contribution >= 0.6 is 0 Å². The first-order valence-corrected chi connectivity index (χ1v) is 5.94. The maximum Gasteiger partial charge on any atom is 0.319 e. The Hall–Kier alpha value is -2.35. The van der Waals surface area contributed by atoms with Gasteiger partial charge in [-0.1, -0.05) is 0 Å². The van der Waals surface area contributed by atoms with Gasteiger partial charge in [-0.2, -0.15) is 0 Å². The van der Waals surface area contributed by atoms with Crippen molar-refractivity contribution in [1.29, 1.82) is 0 Å². The second-order valence-corrected chi connectivity index (χ2v) is 3.87. The number of nitro benzene ring substituents is 1. The molecule has 1 aromatic rings. The summed E-state index contributed by atoms with van der Waals surface area (Å²) in [5, 5.41) is 15.8. The number of rotatable bonds is 7. The maximum atomic E-state index is 11.6. The van der Waals surface area contributed by atoms with Gasteiger partial charge in [0.05, 0.1) is 17.7 Å². The Bertz CT molecular complexity index is 478. The van der Waals surface area contributed by atoms with Crippen molar-refractivity contribution >= 4 is 17.4 Å². The van der Waals surface area contributed by atoms with E-state index in [-0.39, 0.29) is 11.4 Å². The molecule has 0 bridgehead atoms. The van der Waals surface area contributed by atoms with Gasteiger partial charge in [-0.05, 0) is 12.5 Å². The normalized spacial score (nSPS) is 9.90.